The van der Waals surface area contributed by atoms with E-state index in [1.807, 2.05) is 0 Å². The van der Waals surface area contributed by atoms with Crippen LogP contribution in [0.25, 0.3) is 0 Å². The van der Waals surface area contributed by atoms with E-state index in [1.165, 1.54) is 18.2 Å². The summed E-state index contributed by atoms with van der Waals surface area (Å²) in [6.45, 7) is 1.77. The number of benzene rings is 1. The molecule has 0 bridgehead atoms. The zero-order chi connectivity index (χ0) is 18.8. The van der Waals surface area contributed by atoms with Crippen LogP contribution in [0.5, 0.6) is 0 Å². The van der Waals surface area contributed by atoms with Crippen LogP contribution >= 0.6 is 0 Å². The second kappa shape index (κ2) is 6.99. The number of ketones is 1. The number of non-ortho nitro benzene ring substituents is 1. The number of carbonyl (C=O) groups excluding carboxylic acids is 2. The third kappa shape index (κ3) is 3.05. The lowest BCUT2D eigenvalue weighted by Gasteiger charge is -2.32. The average Bonchev–Trinajstić information content (AvgIpc) is 2.61. The molecule has 1 aliphatic heterocycles. The Balaban J connectivity index is 2.19. The Labute approximate surface area is 149 Å². The number of Topliss-reactive ketones (excluding diaryl/α,β-unsaturated/α-hetero) is 1. The molecule has 0 amide bonds. The van der Waals surface area contributed by atoms with Gasteiger partial charge in [-0.25, -0.2) is 4.79 Å². The van der Waals surface area contributed by atoms with Crippen LogP contribution < -0.4 is 5.73 Å². The van der Waals surface area contributed by atoms with Gasteiger partial charge in [0.25, 0.3) is 5.69 Å². The largest absolute Gasteiger partial charge is 0.462 e. The number of hydrogen-bond acceptors (Lipinski definition) is 7. The summed E-state index contributed by atoms with van der Waals surface area (Å²) in [5, 5.41) is 11.1. The van der Waals surface area contributed by atoms with Crippen molar-refractivity contribution in [3.63, 3.8) is 0 Å². The number of nitrogens with zero attached hydrogens (tertiary/aromatic N) is 1. The summed E-state index contributed by atoms with van der Waals surface area (Å²) in [6, 6.07) is 5.82. The highest BCUT2D eigenvalue weighted by Gasteiger charge is 2.41. The fourth-order valence-electron chi connectivity index (χ4n) is 3.32. The van der Waals surface area contributed by atoms with Crippen LogP contribution in [0.3, 0.4) is 0 Å². The number of ether oxygens (including phenoxy) is 2. The molecule has 136 valence electrons. The van der Waals surface area contributed by atoms with Gasteiger partial charge in [-0.3, -0.25) is 14.9 Å². The number of nitro groups is 1. The van der Waals surface area contributed by atoms with Crippen LogP contribution in [0, 0.1) is 10.1 Å². The zero-order valence-electron chi connectivity index (χ0n) is 14.2. The summed E-state index contributed by atoms with van der Waals surface area (Å²) in [5.74, 6) is -1.41. The Hall–Kier alpha value is -3.16. The van der Waals surface area contributed by atoms with Gasteiger partial charge in [-0.2, -0.15) is 0 Å². The van der Waals surface area contributed by atoms with Crippen LogP contribution in [-0.4, -0.2) is 23.3 Å². The normalized spacial score (nSPS) is 19.7. The number of hydrogen-bond donors (Lipinski definition) is 1. The van der Waals surface area contributed by atoms with Crippen LogP contribution in [-0.2, 0) is 19.1 Å². The summed E-state index contributed by atoms with van der Waals surface area (Å²) in [6.07, 6.45) is 1.47. The van der Waals surface area contributed by atoms with Crippen molar-refractivity contribution < 1.29 is 24.0 Å². The van der Waals surface area contributed by atoms with Gasteiger partial charge >= 0.3 is 5.97 Å². The molecule has 0 radical (unpaired) electrons. The van der Waals surface area contributed by atoms with Crippen molar-refractivity contribution in [1.82, 2.24) is 0 Å². The summed E-state index contributed by atoms with van der Waals surface area (Å²) in [7, 11) is 0. The second-order valence-corrected chi connectivity index (χ2v) is 6.00. The molecule has 2 N–H and O–H groups in total. The fraction of sp³-hybridized carbons (Fsp3) is 0.333. The van der Waals surface area contributed by atoms with Gasteiger partial charge in [-0.05, 0) is 18.9 Å². The highest BCUT2D eigenvalue weighted by atomic mass is 16.6. The molecule has 1 heterocycles. The van der Waals surface area contributed by atoms with Crippen molar-refractivity contribution in [3.05, 3.63) is 62.7 Å². The first-order valence-electron chi connectivity index (χ1n) is 8.29. The maximum atomic E-state index is 12.6. The van der Waals surface area contributed by atoms with E-state index >= 15 is 0 Å². The van der Waals surface area contributed by atoms with Gasteiger partial charge in [0.15, 0.2) is 5.78 Å². The Morgan fingerprint density at radius 3 is 2.88 bits per heavy atom. The number of carbonyl (C=O) groups is 2. The van der Waals surface area contributed by atoms with Crippen LogP contribution in [0.1, 0.15) is 37.7 Å². The summed E-state index contributed by atoms with van der Waals surface area (Å²) in [4.78, 5) is 35.7. The molecule has 0 fully saturated rings. The van der Waals surface area contributed by atoms with E-state index in [9.17, 15) is 19.7 Å². The highest BCUT2D eigenvalue weighted by molar-refractivity contribution is 6.03. The molecule has 2 aliphatic rings. The molecular formula is C18H18N2O6. The van der Waals surface area contributed by atoms with Crippen molar-refractivity contribution in [2.24, 2.45) is 5.73 Å². The molecule has 1 aromatic rings. The van der Waals surface area contributed by atoms with Crippen LogP contribution in [0.4, 0.5) is 5.69 Å². The Morgan fingerprint density at radius 1 is 1.42 bits per heavy atom. The van der Waals surface area contributed by atoms with Crippen LogP contribution in [0.15, 0.2) is 47.1 Å². The quantitative estimate of drug-likeness (QED) is 0.498. The molecule has 0 saturated heterocycles. The molecule has 0 saturated carbocycles. The summed E-state index contributed by atoms with van der Waals surface area (Å²) >= 11 is 0. The molecule has 1 atom stereocenters. The first kappa shape index (κ1) is 17.7. The molecule has 1 aromatic carbocycles. The van der Waals surface area contributed by atoms with Gasteiger partial charge in [-0.15, -0.1) is 0 Å². The van der Waals surface area contributed by atoms with E-state index in [0.29, 0.717) is 36.2 Å². The lowest BCUT2D eigenvalue weighted by Crippen LogP contribution is -2.31. The van der Waals surface area contributed by atoms with Crippen molar-refractivity contribution in [2.45, 2.75) is 32.1 Å². The maximum Gasteiger partial charge on any atom is 0.340 e. The van der Waals surface area contributed by atoms with Crippen molar-refractivity contribution in [1.29, 1.82) is 0 Å². The lowest BCUT2D eigenvalue weighted by molar-refractivity contribution is -0.384. The third-order valence-corrected chi connectivity index (χ3v) is 4.39. The van der Waals surface area contributed by atoms with Crippen LogP contribution in [0.2, 0.25) is 0 Å². The number of nitrogens with two attached hydrogens (primary N) is 1. The highest BCUT2D eigenvalue weighted by Crippen LogP contribution is 2.44. The topological polar surface area (TPSA) is 122 Å². The zero-order valence-corrected chi connectivity index (χ0v) is 14.2. The SMILES string of the molecule is CCOC(=O)C1=C(N)OC2=C(C(=O)CCC2)C1c1cccc([N+](=O)[O-])c1. The Kier molecular flexibility index (Phi) is 4.75. The van der Waals surface area contributed by atoms with Gasteiger partial charge in [0.05, 0.1) is 17.4 Å². The van der Waals surface area contributed by atoms with E-state index < -0.39 is 16.8 Å². The second-order valence-electron chi connectivity index (χ2n) is 6.00. The van der Waals surface area contributed by atoms with Gasteiger partial charge in [-0.1, -0.05) is 12.1 Å². The molecular weight excluding hydrogens is 340 g/mol. The number of esters is 1. The Bertz CT molecular complexity index is 855. The maximum absolute atomic E-state index is 12.6. The van der Waals surface area contributed by atoms with Gasteiger partial charge in [0.1, 0.15) is 11.3 Å². The number of rotatable bonds is 4. The molecule has 1 unspecified atom stereocenters. The van der Waals surface area contributed by atoms with Crippen molar-refractivity contribution in [2.75, 3.05) is 6.61 Å². The molecule has 0 spiro atoms. The molecule has 1 aliphatic carbocycles. The molecule has 0 aromatic heterocycles. The summed E-state index contributed by atoms with van der Waals surface area (Å²) in [5.41, 5.74) is 6.58. The average molecular weight is 358 g/mol. The van der Waals surface area contributed by atoms with E-state index in [2.05, 4.69) is 0 Å². The molecule has 8 heteroatoms. The first-order valence-corrected chi connectivity index (χ1v) is 8.29. The minimum absolute atomic E-state index is 0.00125. The third-order valence-electron chi connectivity index (χ3n) is 4.39. The lowest BCUT2D eigenvalue weighted by atomic mass is 9.77. The predicted molar refractivity (Wildman–Crippen MR) is 90.7 cm³/mol. The van der Waals surface area contributed by atoms with Gasteiger partial charge < -0.3 is 15.2 Å². The number of nitro benzene ring substituents is 1. The van der Waals surface area contributed by atoms with Crippen molar-refractivity contribution in [3.8, 4) is 0 Å². The van der Waals surface area contributed by atoms with E-state index in [4.69, 9.17) is 15.2 Å². The fourth-order valence-corrected chi connectivity index (χ4v) is 3.32. The molecule has 26 heavy (non-hydrogen) atoms. The van der Waals surface area contributed by atoms with E-state index in [-0.39, 0.29) is 29.5 Å². The minimum Gasteiger partial charge on any atom is -0.462 e. The van der Waals surface area contributed by atoms with E-state index in [0.717, 1.165) is 0 Å². The Morgan fingerprint density at radius 2 is 2.19 bits per heavy atom. The summed E-state index contributed by atoms with van der Waals surface area (Å²) < 4.78 is 10.6. The standard InChI is InChI=1S/C18H18N2O6/c1-2-25-18(22)16-14(10-5-3-6-11(9-10)20(23)24)15-12(21)7-4-8-13(15)26-17(16)19/h3,5-6,9,14H,2,4,7-8,19H2,1H3. The smallest absolute Gasteiger partial charge is 0.340 e. The van der Waals surface area contributed by atoms with Crippen molar-refractivity contribution >= 4 is 17.4 Å². The number of allylic oxidation sites excluding steroid dienone is 2. The monoisotopic (exact) mass is 358 g/mol. The van der Waals surface area contributed by atoms with Gasteiger partial charge in [0.2, 0.25) is 5.88 Å². The molecule has 3 rings (SSSR count). The van der Waals surface area contributed by atoms with E-state index in [1.54, 1.807) is 13.0 Å². The first-order chi connectivity index (χ1) is 12.4. The van der Waals surface area contributed by atoms with Gasteiger partial charge in [0, 0.05) is 30.5 Å². The molecule has 8 nitrogen and oxygen atoms in total. The minimum atomic E-state index is -0.842. The predicted octanol–water partition coefficient (Wildman–Crippen LogP) is 2.45.